The van der Waals surface area contributed by atoms with Crippen LogP contribution in [0.15, 0.2) is 0 Å². The smallest absolute Gasteiger partial charge is 0.120 e. The molecule has 12 heavy (non-hydrogen) atoms. The molecule has 70 valence electrons. The van der Waals surface area contributed by atoms with E-state index in [9.17, 15) is 4.79 Å². The van der Waals surface area contributed by atoms with Gasteiger partial charge in [-0.05, 0) is 30.1 Å². The van der Waals surface area contributed by atoms with Gasteiger partial charge in [-0.3, -0.25) is 0 Å². The summed E-state index contributed by atoms with van der Waals surface area (Å²) in [7, 11) is 0. The minimum Gasteiger partial charge on any atom is -0.303 e. The monoisotopic (exact) mass is 168 g/mol. The molecule has 0 radical (unpaired) electrons. The van der Waals surface area contributed by atoms with E-state index in [4.69, 9.17) is 0 Å². The fourth-order valence-electron chi connectivity index (χ4n) is 2.38. The lowest BCUT2D eigenvalue weighted by Gasteiger charge is -2.41. The summed E-state index contributed by atoms with van der Waals surface area (Å²) >= 11 is 0. The molecule has 2 atom stereocenters. The molecular formula is C11H20O. The SMILES string of the molecule is C[C@H]1C(CC=O)CCCC1(C)C. The Kier molecular flexibility index (Phi) is 2.92. The molecule has 0 aliphatic heterocycles. The van der Waals surface area contributed by atoms with Crippen molar-refractivity contribution in [3.63, 3.8) is 0 Å². The first-order valence-electron chi connectivity index (χ1n) is 5.01. The second-order valence-electron chi connectivity index (χ2n) is 4.83. The largest absolute Gasteiger partial charge is 0.303 e. The van der Waals surface area contributed by atoms with Gasteiger partial charge in [-0.1, -0.05) is 27.2 Å². The zero-order valence-electron chi connectivity index (χ0n) is 8.47. The highest BCUT2D eigenvalue weighted by Crippen LogP contribution is 2.44. The number of carbonyl (C=O) groups is 1. The summed E-state index contributed by atoms with van der Waals surface area (Å²) in [6, 6.07) is 0. The van der Waals surface area contributed by atoms with Crippen molar-refractivity contribution in [2.75, 3.05) is 0 Å². The van der Waals surface area contributed by atoms with Crippen molar-refractivity contribution in [3.05, 3.63) is 0 Å². The average molecular weight is 168 g/mol. The summed E-state index contributed by atoms with van der Waals surface area (Å²) in [6.45, 7) is 6.95. The molecule has 1 fully saturated rings. The van der Waals surface area contributed by atoms with E-state index in [1.165, 1.54) is 19.3 Å². The van der Waals surface area contributed by atoms with Gasteiger partial charge < -0.3 is 4.79 Å². The molecule has 1 aliphatic rings. The molecule has 0 aromatic heterocycles. The van der Waals surface area contributed by atoms with Crippen LogP contribution in [-0.2, 0) is 4.79 Å². The fourth-order valence-corrected chi connectivity index (χ4v) is 2.38. The van der Waals surface area contributed by atoms with E-state index >= 15 is 0 Å². The van der Waals surface area contributed by atoms with E-state index in [-0.39, 0.29) is 0 Å². The van der Waals surface area contributed by atoms with E-state index in [2.05, 4.69) is 20.8 Å². The normalized spacial score (nSPS) is 34.6. The van der Waals surface area contributed by atoms with E-state index in [1.54, 1.807) is 0 Å². The third kappa shape index (κ3) is 1.88. The predicted molar refractivity (Wildman–Crippen MR) is 51.0 cm³/mol. The maximum absolute atomic E-state index is 10.4. The van der Waals surface area contributed by atoms with E-state index < -0.39 is 0 Å². The standard InChI is InChI=1S/C11H20O/c1-9-10(6-8-12)5-4-7-11(9,2)3/h8-10H,4-7H2,1-3H3/t9-,10?/m0/s1. The Balaban J connectivity index is 2.59. The molecule has 1 rings (SSSR count). The lowest BCUT2D eigenvalue weighted by molar-refractivity contribution is -0.109. The molecule has 1 saturated carbocycles. The summed E-state index contributed by atoms with van der Waals surface area (Å²) in [5, 5.41) is 0. The first-order valence-corrected chi connectivity index (χ1v) is 5.01. The maximum atomic E-state index is 10.4. The summed E-state index contributed by atoms with van der Waals surface area (Å²) in [5.41, 5.74) is 0.450. The van der Waals surface area contributed by atoms with Gasteiger partial charge in [0.05, 0.1) is 0 Å². The zero-order chi connectivity index (χ0) is 9.19. The van der Waals surface area contributed by atoms with Crippen molar-refractivity contribution in [3.8, 4) is 0 Å². The number of carbonyl (C=O) groups excluding carboxylic acids is 1. The van der Waals surface area contributed by atoms with Crippen molar-refractivity contribution in [2.45, 2.75) is 46.5 Å². The van der Waals surface area contributed by atoms with Crippen molar-refractivity contribution >= 4 is 6.29 Å². The van der Waals surface area contributed by atoms with Crippen molar-refractivity contribution < 1.29 is 4.79 Å². The van der Waals surface area contributed by atoms with Crippen molar-refractivity contribution in [1.82, 2.24) is 0 Å². The van der Waals surface area contributed by atoms with Gasteiger partial charge in [-0.2, -0.15) is 0 Å². The average Bonchev–Trinajstić information content (AvgIpc) is 1.99. The highest BCUT2D eigenvalue weighted by Gasteiger charge is 2.35. The van der Waals surface area contributed by atoms with Gasteiger partial charge in [0.2, 0.25) is 0 Å². The molecule has 1 unspecified atom stereocenters. The Morgan fingerprint density at radius 2 is 2.17 bits per heavy atom. The Labute approximate surface area is 75.5 Å². The summed E-state index contributed by atoms with van der Waals surface area (Å²) in [6.07, 6.45) is 5.73. The van der Waals surface area contributed by atoms with Gasteiger partial charge in [0.1, 0.15) is 6.29 Å². The van der Waals surface area contributed by atoms with Crippen LogP contribution < -0.4 is 0 Å². The van der Waals surface area contributed by atoms with Crippen LogP contribution in [0.5, 0.6) is 0 Å². The maximum Gasteiger partial charge on any atom is 0.120 e. The molecular weight excluding hydrogens is 148 g/mol. The quantitative estimate of drug-likeness (QED) is 0.579. The number of hydrogen-bond acceptors (Lipinski definition) is 1. The van der Waals surface area contributed by atoms with Crippen LogP contribution in [0.4, 0.5) is 0 Å². The first kappa shape index (κ1) is 9.76. The molecule has 0 saturated heterocycles. The lowest BCUT2D eigenvalue weighted by atomic mass is 9.64. The molecule has 0 aromatic rings. The van der Waals surface area contributed by atoms with Crippen LogP contribution in [0.1, 0.15) is 46.5 Å². The number of rotatable bonds is 2. The highest BCUT2D eigenvalue weighted by molar-refractivity contribution is 5.49. The molecule has 1 heteroatoms. The fraction of sp³-hybridized carbons (Fsp3) is 0.909. The molecule has 0 amide bonds. The van der Waals surface area contributed by atoms with E-state index in [0.29, 0.717) is 17.3 Å². The number of hydrogen-bond donors (Lipinski definition) is 0. The summed E-state index contributed by atoms with van der Waals surface area (Å²) < 4.78 is 0. The predicted octanol–water partition coefficient (Wildman–Crippen LogP) is 3.04. The third-order valence-corrected chi connectivity index (χ3v) is 3.73. The van der Waals surface area contributed by atoms with Gasteiger partial charge in [-0.25, -0.2) is 0 Å². The zero-order valence-corrected chi connectivity index (χ0v) is 8.47. The van der Waals surface area contributed by atoms with E-state index in [0.717, 1.165) is 12.7 Å². The van der Waals surface area contributed by atoms with Gasteiger partial charge in [0.15, 0.2) is 0 Å². The van der Waals surface area contributed by atoms with Crippen LogP contribution in [0.3, 0.4) is 0 Å². The summed E-state index contributed by atoms with van der Waals surface area (Å²) in [5.74, 6) is 1.35. The molecule has 1 aliphatic carbocycles. The molecule has 0 aromatic carbocycles. The second-order valence-corrected chi connectivity index (χ2v) is 4.83. The van der Waals surface area contributed by atoms with E-state index in [1.807, 2.05) is 0 Å². The topological polar surface area (TPSA) is 17.1 Å². The number of aldehydes is 1. The van der Waals surface area contributed by atoms with Crippen molar-refractivity contribution in [2.24, 2.45) is 17.3 Å². The lowest BCUT2D eigenvalue weighted by Crippen LogP contribution is -2.32. The minimum atomic E-state index is 0.450. The molecule has 0 heterocycles. The van der Waals surface area contributed by atoms with Crippen LogP contribution >= 0.6 is 0 Å². The van der Waals surface area contributed by atoms with Gasteiger partial charge in [0, 0.05) is 6.42 Å². The molecule has 0 N–H and O–H groups in total. The molecule has 0 bridgehead atoms. The molecule has 0 spiro atoms. The van der Waals surface area contributed by atoms with Crippen LogP contribution in [0.2, 0.25) is 0 Å². The Morgan fingerprint density at radius 3 is 2.75 bits per heavy atom. The van der Waals surface area contributed by atoms with Crippen molar-refractivity contribution in [1.29, 1.82) is 0 Å². The molecule has 1 nitrogen and oxygen atoms in total. The highest BCUT2D eigenvalue weighted by atomic mass is 16.1. The Morgan fingerprint density at radius 1 is 1.50 bits per heavy atom. The Bertz CT molecular complexity index is 160. The van der Waals surface area contributed by atoms with Gasteiger partial charge in [-0.15, -0.1) is 0 Å². The Hall–Kier alpha value is -0.330. The third-order valence-electron chi connectivity index (χ3n) is 3.73. The van der Waals surface area contributed by atoms with Crippen LogP contribution in [-0.4, -0.2) is 6.29 Å². The minimum absolute atomic E-state index is 0.450. The van der Waals surface area contributed by atoms with Gasteiger partial charge in [0.25, 0.3) is 0 Å². The second kappa shape index (κ2) is 3.59. The summed E-state index contributed by atoms with van der Waals surface area (Å²) in [4.78, 5) is 10.4. The van der Waals surface area contributed by atoms with Crippen LogP contribution in [0, 0.1) is 17.3 Å². The van der Waals surface area contributed by atoms with Crippen LogP contribution in [0.25, 0.3) is 0 Å². The van der Waals surface area contributed by atoms with Gasteiger partial charge >= 0.3 is 0 Å². The first-order chi connectivity index (χ1) is 5.58.